The molecule has 0 aromatic heterocycles. The minimum absolute atomic E-state index is 0.335. The molecule has 0 aliphatic rings. The Morgan fingerprint density at radius 2 is 2.10 bits per heavy atom. The van der Waals surface area contributed by atoms with Crippen molar-refractivity contribution in [2.45, 2.75) is 33.6 Å². The number of hydrogen-bond acceptors (Lipinski definition) is 2. The minimum atomic E-state index is 0.335. The van der Waals surface area contributed by atoms with E-state index in [2.05, 4.69) is 31.1 Å². The van der Waals surface area contributed by atoms with Crippen molar-refractivity contribution in [3.05, 3.63) is 23.2 Å². The van der Waals surface area contributed by atoms with Crippen molar-refractivity contribution >= 4 is 23.2 Å². The molecule has 0 amide bonds. The van der Waals surface area contributed by atoms with E-state index in [0.29, 0.717) is 22.1 Å². The van der Waals surface area contributed by atoms with Gasteiger partial charge in [-0.1, -0.05) is 32.4 Å². The third-order valence-electron chi connectivity index (χ3n) is 2.79. The predicted molar refractivity (Wildman–Crippen MR) is 86.8 cm³/mol. The first-order chi connectivity index (χ1) is 9.31. The number of halogens is 1. The van der Waals surface area contributed by atoms with Gasteiger partial charge in [-0.2, -0.15) is 0 Å². The summed E-state index contributed by atoms with van der Waals surface area (Å²) in [5, 5.41) is 3.56. The third-order valence-corrected chi connectivity index (χ3v) is 3.09. The molecule has 0 saturated heterocycles. The summed E-state index contributed by atoms with van der Waals surface area (Å²) < 4.78 is 5.10. The van der Waals surface area contributed by atoms with Crippen LogP contribution in [-0.4, -0.2) is 19.6 Å². The lowest BCUT2D eigenvalue weighted by Gasteiger charge is -2.16. The molecule has 0 unspecified atom stereocenters. The Morgan fingerprint density at radius 3 is 2.65 bits per heavy atom. The topological polar surface area (TPSA) is 59.6 Å². The van der Waals surface area contributed by atoms with Crippen LogP contribution in [0.3, 0.4) is 0 Å². The molecule has 0 radical (unpaired) electrons. The van der Waals surface area contributed by atoms with Crippen molar-refractivity contribution in [3.63, 3.8) is 0 Å². The Kier molecular flexibility index (Phi) is 6.14. The van der Waals surface area contributed by atoms with E-state index >= 15 is 0 Å². The average Bonchev–Trinajstić information content (AvgIpc) is 2.34. The number of ether oxygens (including phenoxy) is 1. The number of methoxy groups -OCH3 is 1. The number of nitrogens with one attached hydrogen (secondary N) is 1. The monoisotopic (exact) mass is 297 g/mol. The molecule has 0 saturated carbocycles. The summed E-state index contributed by atoms with van der Waals surface area (Å²) in [6, 6.07) is 5.40. The number of guanidine groups is 1. The fourth-order valence-electron chi connectivity index (χ4n) is 1.74. The lowest BCUT2D eigenvalue weighted by atomic mass is 9.91. The van der Waals surface area contributed by atoms with Crippen molar-refractivity contribution in [2.75, 3.05) is 19.0 Å². The molecule has 1 aromatic rings. The van der Waals surface area contributed by atoms with Gasteiger partial charge in [0.15, 0.2) is 5.96 Å². The summed E-state index contributed by atoms with van der Waals surface area (Å²) in [6.07, 6.45) is 2.15. The van der Waals surface area contributed by atoms with Crippen molar-refractivity contribution in [2.24, 2.45) is 16.1 Å². The first-order valence-corrected chi connectivity index (χ1v) is 7.10. The lowest BCUT2D eigenvalue weighted by molar-refractivity contribution is 0.368. The second-order valence-electron chi connectivity index (χ2n) is 5.91. The minimum Gasteiger partial charge on any atom is -0.495 e. The zero-order chi connectivity index (χ0) is 15.2. The fourth-order valence-corrected chi connectivity index (χ4v) is 2.00. The summed E-state index contributed by atoms with van der Waals surface area (Å²) in [5.74, 6) is 1.04. The van der Waals surface area contributed by atoms with Gasteiger partial charge in [-0.3, -0.25) is 4.99 Å². The summed E-state index contributed by atoms with van der Waals surface area (Å²) >= 11 is 6.04. The Morgan fingerprint density at radius 1 is 1.40 bits per heavy atom. The quantitative estimate of drug-likeness (QED) is 0.492. The van der Waals surface area contributed by atoms with E-state index in [1.165, 1.54) is 0 Å². The average molecular weight is 298 g/mol. The van der Waals surface area contributed by atoms with Crippen molar-refractivity contribution < 1.29 is 4.74 Å². The third kappa shape index (κ3) is 6.15. The van der Waals surface area contributed by atoms with E-state index in [1.54, 1.807) is 19.2 Å². The number of aliphatic imine (C=N–C) groups is 1. The van der Waals surface area contributed by atoms with Crippen LogP contribution >= 0.6 is 11.6 Å². The van der Waals surface area contributed by atoms with Crippen LogP contribution in [0.25, 0.3) is 0 Å². The fraction of sp³-hybridized carbons (Fsp3) is 0.533. The van der Waals surface area contributed by atoms with Gasteiger partial charge in [0.25, 0.3) is 0 Å². The Balaban J connectivity index is 2.49. The molecule has 0 aliphatic heterocycles. The second-order valence-corrected chi connectivity index (χ2v) is 6.31. The Bertz CT molecular complexity index is 467. The highest BCUT2D eigenvalue weighted by atomic mass is 35.5. The molecular formula is C15H24ClN3O. The highest BCUT2D eigenvalue weighted by Gasteiger charge is 2.08. The van der Waals surface area contributed by atoms with E-state index in [-0.39, 0.29) is 0 Å². The number of hydrogen-bond donors (Lipinski definition) is 2. The summed E-state index contributed by atoms with van der Waals surface area (Å²) in [5.41, 5.74) is 6.97. The van der Waals surface area contributed by atoms with Crippen LogP contribution in [0.1, 0.15) is 33.6 Å². The number of rotatable bonds is 5. The van der Waals surface area contributed by atoms with Crippen LogP contribution in [0.15, 0.2) is 23.2 Å². The molecule has 0 heterocycles. The first kappa shape index (κ1) is 16.6. The molecule has 0 bridgehead atoms. The van der Waals surface area contributed by atoms with Gasteiger partial charge in [0.1, 0.15) is 5.75 Å². The zero-order valence-electron chi connectivity index (χ0n) is 12.7. The normalized spacial score (nSPS) is 12.3. The van der Waals surface area contributed by atoms with E-state index < -0.39 is 0 Å². The van der Waals surface area contributed by atoms with Gasteiger partial charge < -0.3 is 15.8 Å². The maximum absolute atomic E-state index is 6.04. The maximum Gasteiger partial charge on any atom is 0.193 e. The SMILES string of the molecule is COc1ccc(NC(N)=NCCCC(C)(C)C)cc1Cl. The van der Waals surface area contributed by atoms with Gasteiger partial charge in [0, 0.05) is 12.2 Å². The largest absolute Gasteiger partial charge is 0.495 e. The van der Waals surface area contributed by atoms with Gasteiger partial charge in [0.05, 0.1) is 12.1 Å². The molecule has 4 nitrogen and oxygen atoms in total. The maximum atomic E-state index is 6.04. The Labute approximate surface area is 126 Å². The molecule has 3 N–H and O–H groups in total. The molecule has 20 heavy (non-hydrogen) atoms. The van der Waals surface area contributed by atoms with E-state index in [0.717, 1.165) is 25.1 Å². The summed E-state index contributed by atoms with van der Waals surface area (Å²) in [6.45, 7) is 7.38. The standard InChI is InChI=1S/C15H24ClN3O/c1-15(2,3)8-5-9-18-14(17)19-11-6-7-13(20-4)12(16)10-11/h6-7,10H,5,8-9H2,1-4H3,(H3,17,18,19). The number of nitrogens with two attached hydrogens (primary N) is 1. The molecule has 5 heteroatoms. The van der Waals surface area contributed by atoms with Gasteiger partial charge in [-0.05, 0) is 36.5 Å². The molecule has 0 atom stereocenters. The first-order valence-electron chi connectivity index (χ1n) is 6.72. The molecule has 1 rings (SSSR count). The van der Waals surface area contributed by atoms with Gasteiger partial charge in [0.2, 0.25) is 0 Å². The van der Waals surface area contributed by atoms with Crippen LogP contribution < -0.4 is 15.8 Å². The predicted octanol–water partition coefficient (Wildman–Crippen LogP) is 3.90. The molecule has 0 fully saturated rings. The molecule has 0 spiro atoms. The van der Waals surface area contributed by atoms with Crippen molar-refractivity contribution in [1.29, 1.82) is 0 Å². The van der Waals surface area contributed by atoms with Crippen LogP contribution in [0, 0.1) is 5.41 Å². The highest BCUT2D eigenvalue weighted by molar-refractivity contribution is 6.32. The number of benzene rings is 1. The van der Waals surface area contributed by atoms with Crippen LogP contribution in [0.5, 0.6) is 5.75 Å². The van der Waals surface area contributed by atoms with Crippen molar-refractivity contribution in [3.8, 4) is 5.75 Å². The van der Waals surface area contributed by atoms with Gasteiger partial charge in [-0.25, -0.2) is 0 Å². The zero-order valence-corrected chi connectivity index (χ0v) is 13.4. The highest BCUT2D eigenvalue weighted by Crippen LogP contribution is 2.27. The lowest BCUT2D eigenvalue weighted by Crippen LogP contribution is -2.23. The molecule has 112 valence electrons. The van der Waals surface area contributed by atoms with Crippen LogP contribution in [0.4, 0.5) is 5.69 Å². The van der Waals surface area contributed by atoms with Gasteiger partial charge in [-0.15, -0.1) is 0 Å². The van der Waals surface area contributed by atoms with Crippen molar-refractivity contribution in [1.82, 2.24) is 0 Å². The Hall–Kier alpha value is -1.42. The van der Waals surface area contributed by atoms with Gasteiger partial charge >= 0.3 is 0 Å². The summed E-state index contributed by atoms with van der Waals surface area (Å²) in [4.78, 5) is 4.30. The number of anilines is 1. The second kappa shape index (κ2) is 7.39. The molecule has 1 aromatic carbocycles. The number of nitrogens with zero attached hydrogens (tertiary/aromatic N) is 1. The summed E-state index contributed by atoms with van der Waals surface area (Å²) in [7, 11) is 1.58. The van der Waals surface area contributed by atoms with Crippen LogP contribution in [-0.2, 0) is 0 Å². The van der Waals surface area contributed by atoms with E-state index in [9.17, 15) is 0 Å². The molecular weight excluding hydrogens is 274 g/mol. The van der Waals surface area contributed by atoms with E-state index in [4.69, 9.17) is 22.1 Å². The smallest absolute Gasteiger partial charge is 0.193 e. The van der Waals surface area contributed by atoms with E-state index in [1.807, 2.05) is 6.07 Å². The van der Waals surface area contributed by atoms with Crippen LogP contribution in [0.2, 0.25) is 5.02 Å². The molecule has 0 aliphatic carbocycles.